The maximum Gasteiger partial charge on any atom is 0.347 e. The van der Waals surface area contributed by atoms with Gasteiger partial charge in [-0.15, -0.1) is 0 Å². The van der Waals surface area contributed by atoms with Crippen LogP contribution in [0.1, 0.15) is 15.9 Å². The van der Waals surface area contributed by atoms with Crippen molar-refractivity contribution in [3.8, 4) is 0 Å². The van der Waals surface area contributed by atoms with Crippen LogP contribution in [-0.2, 0) is 0 Å². The van der Waals surface area contributed by atoms with E-state index in [4.69, 9.17) is 4.42 Å². The Labute approximate surface area is 135 Å². The Morgan fingerprint density at radius 2 is 1.82 bits per heavy atom. The molecular formula is C18H11BrO3. The summed E-state index contributed by atoms with van der Waals surface area (Å²) in [6.07, 6.45) is 3.05. The molecule has 0 unspecified atom stereocenters. The fraction of sp³-hybridized carbons (Fsp3) is 0. The normalized spacial score (nSPS) is 11.1. The fourth-order valence-electron chi connectivity index (χ4n) is 2.09. The zero-order valence-electron chi connectivity index (χ0n) is 11.5. The molecule has 0 atom stereocenters. The Bertz CT molecular complexity index is 924. The van der Waals surface area contributed by atoms with Gasteiger partial charge >= 0.3 is 5.63 Å². The summed E-state index contributed by atoms with van der Waals surface area (Å²) in [5, 5.41) is 0.699. The third kappa shape index (κ3) is 3.07. The topological polar surface area (TPSA) is 47.3 Å². The molecule has 0 fully saturated rings. The number of carbonyl (C=O) groups is 1. The van der Waals surface area contributed by atoms with Crippen molar-refractivity contribution in [1.82, 2.24) is 0 Å². The first-order valence-electron chi connectivity index (χ1n) is 6.64. The third-order valence-electron chi connectivity index (χ3n) is 3.19. The molecule has 3 nitrogen and oxygen atoms in total. The highest BCUT2D eigenvalue weighted by Crippen LogP contribution is 2.19. The number of hydrogen-bond donors (Lipinski definition) is 0. The van der Waals surface area contributed by atoms with Crippen molar-refractivity contribution in [2.75, 3.05) is 0 Å². The van der Waals surface area contributed by atoms with E-state index in [-0.39, 0.29) is 11.3 Å². The highest BCUT2D eigenvalue weighted by molar-refractivity contribution is 9.10. The number of carbonyl (C=O) groups excluding carboxylic acids is 1. The maximum atomic E-state index is 12.2. The monoisotopic (exact) mass is 354 g/mol. The van der Waals surface area contributed by atoms with E-state index in [2.05, 4.69) is 15.9 Å². The molecule has 0 N–H and O–H groups in total. The van der Waals surface area contributed by atoms with E-state index >= 15 is 0 Å². The van der Waals surface area contributed by atoms with Crippen LogP contribution < -0.4 is 5.63 Å². The minimum absolute atomic E-state index is 0.0257. The first-order valence-corrected chi connectivity index (χ1v) is 7.44. The number of hydrogen-bond acceptors (Lipinski definition) is 3. The molecule has 0 aliphatic carbocycles. The minimum Gasteiger partial charge on any atom is -0.422 e. The molecule has 108 valence electrons. The molecule has 0 bridgehead atoms. The van der Waals surface area contributed by atoms with Crippen molar-refractivity contribution in [1.29, 1.82) is 0 Å². The van der Waals surface area contributed by atoms with E-state index in [1.165, 1.54) is 6.08 Å². The van der Waals surface area contributed by atoms with Crippen LogP contribution in [0.5, 0.6) is 0 Å². The van der Waals surface area contributed by atoms with Gasteiger partial charge in [-0.1, -0.05) is 52.3 Å². The lowest BCUT2D eigenvalue weighted by molar-refractivity contribution is 0.104. The van der Waals surface area contributed by atoms with Gasteiger partial charge in [0, 0.05) is 9.86 Å². The van der Waals surface area contributed by atoms with Gasteiger partial charge in [-0.3, -0.25) is 4.79 Å². The molecule has 1 aromatic heterocycles. The molecule has 22 heavy (non-hydrogen) atoms. The summed E-state index contributed by atoms with van der Waals surface area (Å²) in [6.45, 7) is 0. The number of rotatable bonds is 3. The van der Waals surface area contributed by atoms with Crippen LogP contribution in [0.25, 0.3) is 17.0 Å². The van der Waals surface area contributed by atoms with Gasteiger partial charge in [0.25, 0.3) is 0 Å². The lowest BCUT2D eigenvalue weighted by Crippen LogP contribution is -2.11. The van der Waals surface area contributed by atoms with E-state index in [0.29, 0.717) is 11.0 Å². The molecule has 4 heteroatoms. The van der Waals surface area contributed by atoms with E-state index in [0.717, 1.165) is 10.0 Å². The molecule has 1 heterocycles. The predicted molar refractivity (Wildman–Crippen MR) is 90.0 cm³/mol. The Morgan fingerprint density at radius 3 is 2.59 bits per heavy atom. The summed E-state index contributed by atoms with van der Waals surface area (Å²) in [5.74, 6) is -0.375. The second-order valence-corrected chi connectivity index (χ2v) is 5.65. The fourth-order valence-corrected chi connectivity index (χ4v) is 2.47. The van der Waals surface area contributed by atoms with Gasteiger partial charge < -0.3 is 4.42 Å². The van der Waals surface area contributed by atoms with Gasteiger partial charge in [-0.2, -0.15) is 0 Å². The second-order valence-electron chi connectivity index (χ2n) is 4.74. The second kappa shape index (κ2) is 6.12. The van der Waals surface area contributed by atoms with Crippen LogP contribution in [0.2, 0.25) is 0 Å². The number of fused-ring (bicyclic) bond motifs is 1. The van der Waals surface area contributed by atoms with Crippen LogP contribution in [0.3, 0.4) is 0 Å². The van der Waals surface area contributed by atoms with Crippen LogP contribution in [0.4, 0.5) is 0 Å². The van der Waals surface area contributed by atoms with Crippen molar-refractivity contribution >= 4 is 38.8 Å². The molecule has 0 radical (unpaired) electrons. The highest BCUT2D eigenvalue weighted by Gasteiger charge is 2.11. The zero-order chi connectivity index (χ0) is 15.5. The molecule has 0 aliphatic heterocycles. The molecule has 0 aliphatic rings. The molecule has 0 amide bonds. The molecule has 3 rings (SSSR count). The Balaban J connectivity index is 1.98. The van der Waals surface area contributed by atoms with Gasteiger partial charge in [-0.25, -0.2) is 4.79 Å². The smallest absolute Gasteiger partial charge is 0.347 e. The number of halogens is 1. The summed E-state index contributed by atoms with van der Waals surface area (Å²) in [4.78, 5) is 24.1. The average molecular weight is 355 g/mol. The first-order chi connectivity index (χ1) is 10.6. The minimum atomic E-state index is -0.627. The van der Waals surface area contributed by atoms with Crippen LogP contribution in [0, 0.1) is 0 Å². The summed E-state index contributed by atoms with van der Waals surface area (Å²) in [6, 6.07) is 16.2. The SMILES string of the molecule is O=C(/C=C/c1ccccc1)c1cc2cc(Br)ccc2oc1=O. The summed E-state index contributed by atoms with van der Waals surface area (Å²) >= 11 is 3.36. The molecule has 2 aromatic carbocycles. The van der Waals surface area contributed by atoms with Gasteiger partial charge in [0.2, 0.25) is 0 Å². The van der Waals surface area contributed by atoms with E-state index in [1.54, 1.807) is 30.3 Å². The Morgan fingerprint density at radius 1 is 1.05 bits per heavy atom. The van der Waals surface area contributed by atoms with Crippen LogP contribution in [-0.4, -0.2) is 5.78 Å². The lowest BCUT2D eigenvalue weighted by Gasteiger charge is -2.00. The summed E-state index contributed by atoms with van der Waals surface area (Å²) < 4.78 is 6.04. The van der Waals surface area contributed by atoms with E-state index in [1.807, 2.05) is 30.3 Å². The number of benzene rings is 2. The first kappa shape index (κ1) is 14.5. The van der Waals surface area contributed by atoms with E-state index < -0.39 is 5.63 Å². The highest BCUT2D eigenvalue weighted by atomic mass is 79.9. The maximum absolute atomic E-state index is 12.2. The van der Waals surface area contributed by atoms with Crippen LogP contribution in [0.15, 0.2) is 74.4 Å². The summed E-state index contributed by atoms with van der Waals surface area (Å²) in [7, 11) is 0. The van der Waals surface area contributed by atoms with Gasteiger partial charge in [0.1, 0.15) is 11.1 Å². The number of ketones is 1. The van der Waals surface area contributed by atoms with Crippen molar-refractivity contribution < 1.29 is 9.21 Å². The molecule has 3 aromatic rings. The van der Waals surface area contributed by atoms with E-state index in [9.17, 15) is 9.59 Å². The van der Waals surface area contributed by atoms with Crippen molar-refractivity contribution in [2.24, 2.45) is 0 Å². The average Bonchev–Trinajstić information content (AvgIpc) is 2.53. The lowest BCUT2D eigenvalue weighted by atomic mass is 10.1. The molecule has 0 saturated heterocycles. The van der Waals surface area contributed by atoms with Crippen molar-refractivity contribution in [3.63, 3.8) is 0 Å². The summed E-state index contributed by atoms with van der Waals surface area (Å²) in [5.41, 5.74) is 0.746. The largest absolute Gasteiger partial charge is 0.422 e. The Kier molecular flexibility index (Phi) is 4.02. The molecule has 0 saturated carbocycles. The molecular weight excluding hydrogens is 344 g/mol. The van der Waals surface area contributed by atoms with Gasteiger partial charge in [-0.05, 0) is 35.9 Å². The standard InChI is InChI=1S/C18H11BrO3/c19-14-7-9-17-13(10-14)11-15(18(21)22-17)16(20)8-6-12-4-2-1-3-5-12/h1-11H/b8-6+. The predicted octanol–water partition coefficient (Wildman–Crippen LogP) is 4.45. The van der Waals surface area contributed by atoms with Gasteiger partial charge in [0.05, 0.1) is 0 Å². The Hall–Kier alpha value is -2.46. The zero-order valence-corrected chi connectivity index (χ0v) is 13.0. The van der Waals surface area contributed by atoms with Crippen molar-refractivity contribution in [3.05, 3.63) is 86.7 Å². The van der Waals surface area contributed by atoms with Crippen molar-refractivity contribution in [2.45, 2.75) is 0 Å². The quantitative estimate of drug-likeness (QED) is 0.396. The number of allylic oxidation sites excluding steroid dienone is 1. The third-order valence-corrected chi connectivity index (χ3v) is 3.68. The van der Waals surface area contributed by atoms with Gasteiger partial charge in [0.15, 0.2) is 5.78 Å². The molecule has 0 spiro atoms. The van der Waals surface area contributed by atoms with Crippen LogP contribution >= 0.6 is 15.9 Å².